The highest BCUT2D eigenvalue weighted by Crippen LogP contribution is 2.24. The van der Waals surface area contributed by atoms with E-state index in [4.69, 9.17) is 4.74 Å². The highest BCUT2D eigenvalue weighted by molar-refractivity contribution is 7.88. The quantitative estimate of drug-likeness (QED) is 0.856. The topological polar surface area (TPSA) is 87.2 Å². The molecule has 1 N–H and O–H groups in total. The van der Waals surface area contributed by atoms with Gasteiger partial charge in [-0.25, -0.2) is 8.42 Å². The maximum Gasteiger partial charge on any atom is 0.257 e. The Morgan fingerprint density at radius 1 is 1.24 bits per heavy atom. The molecule has 1 aromatic rings. The maximum atomic E-state index is 12.4. The minimum atomic E-state index is -3.23. The number of phenolic OH excluding ortho intramolecular Hbond substituents is 1. The fraction of sp³-hybridized carbons (Fsp3) is 0.462. The van der Waals surface area contributed by atoms with E-state index >= 15 is 0 Å². The molecule has 1 aliphatic rings. The fourth-order valence-electron chi connectivity index (χ4n) is 2.21. The van der Waals surface area contributed by atoms with Gasteiger partial charge in [-0.2, -0.15) is 4.31 Å². The molecule has 2 rings (SSSR count). The lowest BCUT2D eigenvalue weighted by atomic mass is 10.1. The highest BCUT2D eigenvalue weighted by atomic mass is 32.2. The van der Waals surface area contributed by atoms with Crippen molar-refractivity contribution < 1.29 is 23.1 Å². The number of sulfonamides is 1. The van der Waals surface area contributed by atoms with E-state index in [1.807, 2.05) is 0 Å². The predicted octanol–water partition coefficient (Wildman–Crippen LogP) is 0.118. The second-order valence-electron chi connectivity index (χ2n) is 4.84. The van der Waals surface area contributed by atoms with Crippen LogP contribution >= 0.6 is 0 Å². The van der Waals surface area contributed by atoms with Crippen LogP contribution in [0.5, 0.6) is 11.5 Å². The molecule has 0 atom stereocenters. The number of rotatable bonds is 3. The molecule has 8 heteroatoms. The molecule has 1 saturated heterocycles. The summed E-state index contributed by atoms with van der Waals surface area (Å²) < 4.78 is 29.2. The fourth-order valence-corrected chi connectivity index (χ4v) is 3.03. The van der Waals surface area contributed by atoms with Crippen LogP contribution in [0.25, 0.3) is 0 Å². The first kappa shape index (κ1) is 15.6. The van der Waals surface area contributed by atoms with Crippen LogP contribution in [0.1, 0.15) is 10.4 Å². The first-order valence-corrected chi connectivity index (χ1v) is 8.29. The molecule has 0 aliphatic carbocycles. The Labute approximate surface area is 123 Å². The Morgan fingerprint density at radius 3 is 2.38 bits per heavy atom. The Balaban J connectivity index is 2.12. The van der Waals surface area contributed by atoms with Crippen molar-refractivity contribution in [2.75, 3.05) is 39.5 Å². The number of methoxy groups -OCH3 is 1. The summed E-state index contributed by atoms with van der Waals surface area (Å²) in [5, 5.41) is 9.80. The molecule has 0 bridgehead atoms. The number of carbonyl (C=O) groups is 1. The number of ether oxygens (including phenoxy) is 1. The van der Waals surface area contributed by atoms with E-state index in [0.29, 0.717) is 18.8 Å². The molecule has 0 spiro atoms. The Kier molecular flexibility index (Phi) is 4.38. The van der Waals surface area contributed by atoms with Crippen LogP contribution in [0.3, 0.4) is 0 Å². The number of piperazine rings is 1. The summed E-state index contributed by atoms with van der Waals surface area (Å²) in [6, 6.07) is 4.44. The van der Waals surface area contributed by atoms with Gasteiger partial charge in [-0.1, -0.05) is 0 Å². The van der Waals surface area contributed by atoms with Gasteiger partial charge >= 0.3 is 0 Å². The van der Waals surface area contributed by atoms with Crippen molar-refractivity contribution in [3.63, 3.8) is 0 Å². The number of hydrogen-bond acceptors (Lipinski definition) is 5. The summed E-state index contributed by atoms with van der Waals surface area (Å²) in [5.41, 5.74) is 0.155. The van der Waals surface area contributed by atoms with Gasteiger partial charge in [-0.05, 0) is 18.2 Å². The second-order valence-corrected chi connectivity index (χ2v) is 6.82. The Hall–Kier alpha value is -1.80. The lowest BCUT2D eigenvalue weighted by Crippen LogP contribution is -2.50. The van der Waals surface area contributed by atoms with E-state index in [1.54, 1.807) is 6.07 Å². The third kappa shape index (κ3) is 3.45. The van der Waals surface area contributed by atoms with Crippen molar-refractivity contribution in [3.8, 4) is 11.5 Å². The van der Waals surface area contributed by atoms with Crippen LogP contribution in [0, 0.1) is 0 Å². The van der Waals surface area contributed by atoms with Gasteiger partial charge < -0.3 is 14.7 Å². The SMILES string of the molecule is COc1ccc(O)c(C(=O)N2CCN(S(C)(=O)=O)CC2)c1. The van der Waals surface area contributed by atoms with Crippen molar-refractivity contribution >= 4 is 15.9 Å². The number of amides is 1. The molecule has 1 heterocycles. The molecule has 21 heavy (non-hydrogen) atoms. The summed E-state index contributed by atoms with van der Waals surface area (Å²) in [7, 11) is -1.75. The summed E-state index contributed by atoms with van der Waals surface area (Å²) >= 11 is 0. The number of nitrogens with zero attached hydrogens (tertiary/aromatic N) is 2. The minimum Gasteiger partial charge on any atom is -0.507 e. The minimum absolute atomic E-state index is 0.119. The number of benzene rings is 1. The molecule has 1 aliphatic heterocycles. The van der Waals surface area contributed by atoms with Crippen molar-refractivity contribution in [3.05, 3.63) is 23.8 Å². The summed E-state index contributed by atoms with van der Waals surface area (Å²) in [6.07, 6.45) is 1.15. The lowest BCUT2D eigenvalue weighted by molar-refractivity contribution is 0.0695. The van der Waals surface area contributed by atoms with Crippen LogP contribution in [-0.4, -0.2) is 68.2 Å². The maximum absolute atomic E-state index is 12.4. The third-order valence-electron chi connectivity index (χ3n) is 3.43. The Morgan fingerprint density at radius 2 is 1.86 bits per heavy atom. The van der Waals surface area contributed by atoms with Crippen molar-refractivity contribution in [2.24, 2.45) is 0 Å². The monoisotopic (exact) mass is 314 g/mol. The van der Waals surface area contributed by atoms with E-state index in [9.17, 15) is 18.3 Å². The van der Waals surface area contributed by atoms with Gasteiger partial charge in [0.05, 0.1) is 18.9 Å². The molecule has 1 fully saturated rings. The van der Waals surface area contributed by atoms with E-state index in [1.165, 1.54) is 28.4 Å². The Bertz CT molecular complexity index is 636. The van der Waals surface area contributed by atoms with Gasteiger partial charge in [-0.15, -0.1) is 0 Å². The average molecular weight is 314 g/mol. The second kappa shape index (κ2) is 5.90. The molecule has 116 valence electrons. The third-order valence-corrected chi connectivity index (χ3v) is 4.73. The zero-order valence-corrected chi connectivity index (χ0v) is 12.8. The van der Waals surface area contributed by atoms with Crippen molar-refractivity contribution in [2.45, 2.75) is 0 Å². The number of carbonyl (C=O) groups excluding carboxylic acids is 1. The summed E-state index contributed by atoms with van der Waals surface area (Å²) in [4.78, 5) is 13.9. The van der Waals surface area contributed by atoms with Crippen molar-refractivity contribution in [1.29, 1.82) is 0 Å². The highest BCUT2D eigenvalue weighted by Gasteiger charge is 2.27. The van der Waals surface area contributed by atoms with E-state index in [-0.39, 0.29) is 30.3 Å². The first-order chi connectivity index (χ1) is 9.82. The van der Waals surface area contributed by atoms with Crippen molar-refractivity contribution in [1.82, 2.24) is 9.21 Å². The molecular formula is C13H18N2O5S. The largest absolute Gasteiger partial charge is 0.507 e. The van der Waals surface area contributed by atoms with Gasteiger partial charge in [0, 0.05) is 26.2 Å². The standard InChI is InChI=1S/C13H18N2O5S/c1-20-10-3-4-12(16)11(9-10)13(17)14-5-7-15(8-6-14)21(2,18)19/h3-4,9,16H,5-8H2,1-2H3. The summed E-state index contributed by atoms with van der Waals surface area (Å²) in [5.74, 6) is 0.0248. The van der Waals surface area contributed by atoms with E-state index in [2.05, 4.69) is 0 Å². The zero-order chi connectivity index (χ0) is 15.6. The zero-order valence-electron chi connectivity index (χ0n) is 11.9. The smallest absolute Gasteiger partial charge is 0.257 e. The van der Waals surface area contributed by atoms with Crippen LogP contribution in [0.15, 0.2) is 18.2 Å². The van der Waals surface area contributed by atoms with Crippen LogP contribution in [-0.2, 0) is 10.0 Å². The molecule has 1 amide bonds. The lowest BCUT2D eigenvalue weighted by Gasteiger charge is -2.33. The van der Waals surface area contributed by atoms with Crippen LogP contribution in [0.2, 0.25) is 0 Å². The molecule has 0 radical (unpaired) electrons. The van der Waals surface area contributed by atoms with Crippen LogP contribution in [0.4, 0.5) is 0 Å². The van der Waals surface area contributed by atoms with Crippen LogP contribution < -0.4 is 4.74 Å². The number of hydrogen-bond donors (Lipinski definition) is 1. The molecular weight excluding hydrogens is 296 g/mol. The predicted molar refractivity (Wildman–Crippen MR) is 77.0 cm³/mol. The molecule has 1 aromatic carbocycles. The number of phenols is 1. The summed E-state index contributed by atoms with van der Waals surface area (Å²) in [6.45, 7) is 1.11. The molecule has 0 unspecified atom stereocenters. The van der Waals surface area contributed by atoms with Gasteiger partial charge in [0.15, 0.2) is 0 Å². The van der Waals surface area contributed by atoms with E-state index < -0.39 is 10.0 Å². The van der Waals surface area contributed by atoms with Gasteiger partial charge in [-0.3, -0.25) is 4.79 Å². The first-order valence-electron chi connectivity index (χ1n) is 6.44. The molecule has 0 aromatic heterocycles. The number of aromatic hydroxyl groups is 1. The molecule has 0 saturated carbocycles. The normalized spacial score (nSPS) is 16.8. The van der Waals surface area contributed by atoms with E-state index in [0.717, 1.165) is 6.26 Å². The average Bonchev–Trinajstić information content (AvgIpc) is 2.46. The molecule has 7 nitrogen and oxygen atoms in total. The van der Waals surface area contributed by atoms with Gasteiger partial charge in [0.2, 0.25) is 10.0 Å². The van der Waals surface area contributed by atoms with Gasteiger partial charge in [0.1, 0.15) is 11.5 Å². The van der Waals surface area contributed by atoms with Gasteiger partial charge in [0.25, 0.3) is 5.91 Å².